The minimum atomic E-state index is -0.604. The molecule has 1 rings (SSSR count). The van der Waals surface area contributed by atoms with E-state index in [0.717, 1.165) is 6.42 Å². The van der Waals surface area contributed by atoms with E-state index in [2.05, 4.69) is 5.32 Å². The van der Waals surface area contributed by atoms with E-state index in [1.165, 1.54) is 0 Å². The second-order valence-corrected chi connectivity index (χ2v) is 5.46. The van der Waals surface area contributed by atoms with Crippen molar-refractivity contribution in [2.24, 2.45) is 0 Å². The van der Waals surface area contributed by atoms with Crippen LogP contribution in [0.15, 0.2) is 24.3 Å². The largest absolute Gasteiger partial charge is 0.481 e. The van der Waals surface area contributed by atoms with E-state index in [1.807, 2.05) is 13.8 Å². The molecular weight excluding hydrogens is 285 g/mol. The molecule has 0 fully saturated rings. The summed E-state index contributed by atoms with van der Waals surface area (Å²) < 4.78 is 5.55. The molecule has 1 aromatic carbocycles. The molecule has 2 unspecified atom stereocenters. The lowest BCUT2D eigenvalue weighted by Gasteiger charge is -2.28. The molecule has 0 bridgehead atoms. The first-order valence-corrected chi connectivity index (χ1v) is 7.11. The lowest BCUT2D eigenvalue weighted by atomic mass is 10.0. The first kappa shape index (κ1) is 16.1. The first-order valence-electron chi connectivity index (χ1n) is 6.20. The number of rotatable bonds is 6. The monoisotopic (exact) mass is 303 g/mol. The Labute approximate surface area is 124 Å². The van der Waals surface area contributed by atoms with Gasteiger partial charge in [0, 0.05) is 10.9 Å². The fourth-order valence-corrected chi connectivity index (χ4v) is 1.85. The van der Waals surface area contributed by atoms with E-state index in [9.17, 15) is 4.79 Å². The molecule has 0 aliphatic heterocycles. The van der Waals surface area contributed by atoms with Crippen LogP contribution in [0.2, 0.25) is 5.02 Å². The summed E-state index contributed by atoms with van der Waals surface area (Å²) in [7, 11) is 0. The second kappa shape index (κ2) is 7.01. The summed E-state index contributed by atoms with van der Waals surface area (Å²) >= 11 is 11.7. The zero-order valence-electron chi connectivity index (χ0n) is 11.4. The number of benzene rings is 1. The lowest BCUT2D eigenvalue weighted by Crippen LogP contribution is -2.51. The van der Waals surface area contributed by atoms with Gasteiger partial charge in [-0.2, -0.15) is 0 Å². The Morgan fingerprint density at radius 3 is 2.74 bits per heavy atom. The van der Waals surface area contributed by atoms with Crippen LogP contribution in [0.5, 0.6) is 5.75 Å². The Morgan fingerprint density at radius 1 is 1.53 bits per heavy atom. The lowest BCUT2D eigenvalue weighted by molar-refractivity contribution is -0.128. The van der Waals surface area contributed by atoms with Gasteiger partial charge >= 0.3 is 0 Å². The molecule has 1 amide bonds. The number of hydrogen-bond acceptors (Lipinski definition) is 2. The van der Waals surface area contributed by atoms with Crippen molar-refractivity contribution >= 4 is 29.1 Å². The van der Waals surface area contributed by atoms with E-state index in [0.29, 0.717) is 16.7 Å². The average molecular weight is 304 g/mol. The van der Waals surface area contributed by atoms with Crippen LogP contribution < -0.4 is 10.1 Å². The maximum atomic E-state index is 12.0. The number of ether oxygens (including phenoxy) is 1. The minimum Gasteiger partial charge on any atom is -0.481 e. The summed E-state index contributed by atoms with van der Waals surface area (Å²) in [6.07, 6.45) is 0.152. The van der Waals surface area contributed by atoms with Gasteiger partial charge in [0.1, 0.15) is 5.75 Å². The Balaban J connectivity index is 2.63. The van der Waals surface area contributed by atoms with Crippen LogP contribution in [0, 0.1) is 0 Å². The molecule has 106 valence electrons. The fourth-order valence-electron chi connectivity index (χ4n) is 1.41. The van der Waals surface area contributed by atoms with Gasteiger partial charge in [0.15, 0.2) is 6.10 Å². The highest BCUT2D eigenvalue weighted by Crippen LogP contribution is 2.19. The summed E-state index contributed by atoms with van der Waals surface area (Å²) in [6, 6.07) is 6.96. The van der Waals surface area contributed by atoms with Crippen LogP contribution in [0.4, 0.5) is 0 Å². The quantitative estimate of drug-likeness (QED) is 0.815. The topological polar surface area (TPSA) is 38.3 Å². The Hall–Kier alpha value is -0.930. The number of hydrogen-bond donors (Lipinski definition) is 1. The van der Waals surface area contributed by atoms with Crippen molar-refractivity contribution in [2.75, 3.05) is 5.88 Å². The second-order valence-electron chi connectivity index (χ2n) is 4.75. The molecule has 0 aliphatic carbocycles. The maximum absolute atomic E-state index is 12.0. The molecule has 5 heteroatoms. The third-order valence-corrected chi connectivity index (χ3v) is 3.80. The molecule has 1 N–H and O–H groups in total. The van der Waals surface area contributed by atoms with Crippen LogP contribution in [0.3, 0.4) is 0 Å². The summed E-state index contributed by atoms with van der Waals surface area (Å²) in [4.78, 5) is 12.0. The van der Waals surface area contributed by atoms with Crippen molar-refractivity contribution in [3.05, 3.63) is 29.3 Å². The number of nitrogens with one attached hydrogen (secondary N) is 1. The fraction of sp³-hybridized carbons (Fsp3) is 0.500. The van der Waals surface area contributed by atoms with Gasteiger partial charge in [0.25, 0.3) is 5.91 Å². The van der Waals surface area contributed by atoms with E-state index in [-0.39, 0.29) is 5.91 Å². The molecule has 2 atom stereocenters. The summed E-state index contributed by atoms with van der Waals surface area (Å²) in [5, 5.41) is 3.47. The van der Waals surface area contributed by atoms with Gasteiger partial charge in [0.2, 0.25) is 0 Å². The summed E-state index contributed by atoms with van der Waals surface area (Å²) in [6.45, 7) is 5.58. The van der Waals surface area contributed by atoms with Crippen LogP contribution in [-0.4, -0.2) is 23.4 Å². The van der Waals surface area contributed by atoms with Crippen LogP contribution in [0.25, 0.3) is 0 Å². The molecule has 19 heavy (non-hydrogen) atoms. The molecule has 1 aromatic rings. The first-order chi connectivity index (χ1) is 8.90. The maximum Gasteiger partial charge on any atom is 0.261 e. The number of carbonyl (C=O) groups excluding carboxylic acids is 1. The van der Waals surface area contributed by atoms with Crippen molar-refractivity contribution < 1.29 is 9.53 Å². The summed E-state index contributed by atoms with van der Waals surface area (Å²) in [5.74, 6) is 0.739. The Morgan fingerprint density at radius 2 is 2.21 bits per heavy atom. The molecule has 3 nitrogen and oxygen atoms in total. The highest BCUT2D eigenvalue weighted by molar-refractivity contribution is 6.30. The van der Waals surface area contributed by atoms with Gasteiger partial charge in [-0.15, -0.1) is 11.6 Å². The number of halogens is 2. The number of carbonyl (C=O) groups is 1. The van der Waals surface area contributed by atoms with Crippen LogP contribution in [0.1, 0.15) is 27.2 Å². The highest BCUT2D eigenvalue weighted by atomic mass is 35.5. The highest BCUT2D eigenvalue weighted by Gasteiger charge is 2.26. The summed E-state index contributed by atoms with van der Waals surface area (Å²) in [5.41, 5.74) is -0.412. The van der Waals surface area contributed by atoms with Gasteiger partial charge in [0.05, 0.1) is 5.54 Å². The molecule has 0 aromatic heterocycles. The number of amides is 1. The smallest absolute Gasteiger partial charge is 0.261 e. The standard InChI is InChI=1S/C14H19Cl2NO2/c1-4-14(3,9-15)17-13(18)10(2)19-12-7-5-6-11(16)8-12/h5-8,10H,4,9H2,1-3H3,(H,17,18). The predicted molar refractivity (Wildman–Crippen MR) is 79.1 cm³/mol. The third kappa shape index (κ3) is 4.92. The molecule has 0 spiro atoms. The van der Waals surface area contributed by atoms with Gasteiger partial charge < -0.3 is 10.1 Å². The molecular formula is C14H19Cl2NO2. The number of alkyl halides is 1. The van der Waals surface area contributed by atoms with Crippen molar-refractivity contribution in [1.82, 2.24) is 5.32 Å². The minimum absolute atomic E-state index is 0.190. The van der Waals surface area contributed by atoms with Gasteiger partial charge in [-0.05, 0) is 38.5 Å². The SMILES string of the molecule is CCC(C)(CCl)NC(=O)C(C)Oc1cccc(Cl)c1. The predicted octanol–water partition coefficient (Wildman–Crippen LogP) is 3.63. The van der Waals surface area contributed by atoms with E-state index < -0.39 is 11.6 Å². The molecule has 0 heterocycles. The van der Waals surface area contributed by atoms with Gasteiger partial charge in [-0.25, -0.2) is 0 Å². The zero-order valence-corrected chi connectivity index (χ0v) is 12.9. The van der Waals surface area contributed by atoms with Gasteiger partial charge in [-0.1, -0.05) is 24.6 Å². The van der Waals surface area contributed by atoms with Crippen molar-refractivity contribution in [1.29, 1.82) is 0 Å². The molecule has 0 saturated heterocycles. The molecule has 0 radical (unpaired) electrons. The van der Waals surface area contributed by atoms with Crippen LogP contribution >= 0.6 is 23.2 Å². The van der Waals surface area contributed by atoms with Crippen molar-refractivity contribution in [3.8, 4) is 5.75 Å². The van der Waals surface area contributed by atoms with E-state index in [1.54, 1.807) is 31.2 Å². The van der Waals surface area contributed by atoms with Crippen LogP contribution in [-0.2, 0) is 4.79 Å². The Kier molecular flexibility index (Phi) is 5.95. The molecule has 0 aliphatic rings. The van der Waals surface area contributed by atoms with E-state index in [4.69, 9.17) is 27.9 Å². The zero-order chi connectivity index (χ0) is 14.5. The van der Waals surface area contributed by atoms with E-state index >= 15 is 0 Å². The third-order valence-electron chi connectivity index (χ3n) is 2.98. The Bertz CT molecular complexity index is 433. The van der Waals surface area contributed by atoms with Crippen molar-refractivity contribution in [3.63, 3.8) is 0 Å². The normalized spacial score (nSPS) is 15.4. The average Bonchev–Trinajstić information content (AvgIpc) is 2.38. The molecule has 0 saturated carbocycles. The van der Waals surface area contributed by atoms with Gasteiger partial charge in [-0.3, -0.25) is 4.79 Å². The van der Waals surface area contributed by atoms with Crippen molar-refractivity contribution in [2.45, 2.75) is 38.8 Å².